The number of nitrogens with zero attached hydrogens (tertiary/aromatic N) is 1. The molecule has 2 aromatic rings. The summed E-state index contributed by atoms with van der Waals surface area (Å²) < 4.78 is 45.3. The van der Waals surface area contributed by atoms with Gasteiger partial charge in [0.2, 0.25) is 15.9 Å². The number of anilines is 2. The van der Waals surface area contributed by atoms with Crippen molar-refractivity contribution in [2.45, 2.75) is 13.0 Å². The van der Waals surface area contributed by atoms with Crippen LogP contribution in [0.15, 0.2) is 40.9 Å². The number of rotatable bonds is 6. The second-order valence-corrected chi connectivity index (χ2v) is 8.88. The van der Waals surface area contributed by atoms with Crippen LogP contribution in [-0.2, 0) is 14.8 Å². The highest BCUT2D eigenvalue weighted by molar-refractivity contribution is 9.10. The van der Waals surface area contributed by atoms with Crippen LogP contribution < -0.4 is 14.4 Å². The number of halogens is 3. The van der Waals surface area contributed by atoms with Crippen molar-refractivity contribution in [1.82, 2.24) is 0 Å². The van der Waals surface area contributed by atoms with Crippen LogP contribution in [0.1, 0.15) is 6.92 Å². The average Bonchev–Trinajstić information content (AvgIpc) is 2.56. The highest BCUT2D eigenvalue weighted by Gasteiger charge is 2.31. The topological polar surface area (TPSA) is 75.7 Å². The van der Waals surface area contributed by atoms with Crippen LogP contribution >= 0.6 is 27.5 Å². The summed E-state index contributed by atoms with van der Waals surface area (Å²) >= 11 is 9.11. The molecule has 1 N–H and O–H groups in total. The Hall–Kier alpha value is -1.84. The summed E-state index contributed by atoms with van der Waals surface area (Å²) in [5.41, 5.74) is 0.0352. The summed E-state index contributed by atoms with van der Waals surface area (Å²) in [5, 5.41) is 2.67. The predicted molar refractivity (Wildman–Crippen MR) is 108 cm³/mol. The molecule has 0 bridgehead atoms. The zero-order valence-corrected chi connectivity index (χ0v) is 17.8. The maximum absolute atomic E-state index is 14.0. The van der Waals surface area contributed by atoms with Crippen LogP contribution in [0.25, 0.3) is 0 Å². The first-order valence-electron chi connectivity index (χ1n) is 7.63. The van der Waals surface area contributed by atoms with E-state index in [1.54, 1.807) is 6.07 Å². The Labute approximate surface area is 170 Å². The van der Waals surface area contributed by atoms with Crippen molar-refractivity contribution in [3.8, 4) is 5.75 Å². The van der Waals surface area contributed by atoms with Gasteiger partial charge in [-0.3, -0.25) is 9.10 Å². The molecule has 1 atom stereocenters. The summed E-state index contributed by atoms with van der Waals surface area (Å²) in [6.07, 6.45) is 0.956. The van der Waals surface area contributed by atoms with Crippen LogP contribution in [0.5, 0.6) is 5.75 Å². The van der Waals surface area contributed by atoms with Gasteiger partial charge in [0.25, 0.3) is 0 Å². The van der Waals surface area contributed by atoms with Crippen molar-refractivity contribution in [1.29, 1.82) is 0 Å². The fourth-order valence-electron chi connectivity index (χ4n) is 2.44. The molecule has 0 aliphatic carbocycles. The molecule has 1 amide bonds. The zero-order chi connectivity index (χ0) is 20.4. The van der Waals surface area contributed by atoms with Gasteiger partial charge < -0.3 is 10.1 Å². The molecule has 2 rings (SSSR count). The fraction of sp³-hybridized carbons (Fsp3) is 0.235. The molecule has 0 aliphatic heterocycles. The average molecular weight is 480 g/mol. The number of carbonyl (C=O) groups excluding carboxylic acids is 1. The number of sulfonamides is 1. The highest BCUT2D eigenvalue weighted by Crippen LogP contribution is 2.34. The van der Waals surface area contributed by atoms with Crippen LogP contribution in [0.2, 0.25) is 5.02 Å². The number of nitrogens with one attached hydrogen (secondary N) is 1. The van der Waals surface area contributed by atoms with Gasteiger partial charge in [-0.15, -0.1) is 0 Å². The lowest BCUT2D eigenvalue weighted by Gasteiger charge is -2.29. The van der Waals surface area contributed by atoms with Crippen LogP contribution in [-0.4, -0.2) is 33.7 Å². The van der Waals surface area contributed by atoms with Gasteiger partial charge in [0.1, 0.15) is 17.6 Å². The van der Waals surface area contributed by atoms with E-state index in [1.807, 2.05) is 0 Å². The summed E-state index contributed by atoms with van der Waals surface area (Å²) in [5.74, 6) is -1.15. The number of ether oxygens (including phenoxy) is 1. The van der Waals surface area contributed by atoms with E-state index in [1.165, 1.54) is 44.4 Å². The second-order valence-electron chi connectivity index (χ2n) is 5.66. The molecule has 146 valence electrons. The quantitative estimate of drug-likeness (QED) is 0.678. The first kappa shape index (κ1) is 21.5. The van der Waals surface area contributed by atoms with Gasteiger partial charge in [-0.1, -0.05) is 27.5 Å². The van der Waals surface area contributed by atoms with E-state index in [0.717, 1.165) is 10.6 Å². The summed E-state index contributed by atoms with van der Waals surface area (Å²) in [6, 6.07) is 7.32. The minimum Gasteiger partial charge on any atom is -0.495 e. The van der Waals surface area contributed by atoms with Crippen molar-refractivity contribution in [3.63, 3.8) is 0 Å². The Balaban J connectivity index is 2.42. The zero-order valence-electron chi connectivity index (χ0n) is 14.7. The van der Waals surface area contributed by atoms with E-state index >= 15 is 0 Å². The molecule has 0 heterocycles. The fourth-order valence-corrected chi connectivity index (χ4v) is 4.11. The SMILES string of the molecule is COc1ccc(Cl)cc1N(C(C)C(=O)Nc1ccc(Br)cc1F)S(C)(=O)=O. The van der Waals surface area contributed by atoms with E-state index in [4.69, 9.17) is 16.3 Å². The maximum Gasteiger partial charge on any atom is 0.248 e. The Kier molecular flexibility index (Phi) is 6.72. The standard InChI is InChI=1S/C17H17BrClFN2O4S/c1-10(17(23)21-14-6-4-11(18)8-13(14)20)22(27(3,24)25)15-9-12(19)5-7-16(15)26-2/h4-10H,1-3H3,(H,21,23). The Bertz CT molecular complexity index is 971. The summed E-state index contributed by atoms with van der Waals surface area (Å²) in [6.45, 7) is 1.38. The normalized spacial score (nSPS) is 12.4. The smallest absolute Gasteiger partial charge is 0.248 e. The van der Waals surface area contributed by atoms with Crippen molar-refractivity contribution in [3.05, 3.63) is 51.7 Å². The number of benzene rings is 2. The molecule has 27 heavy (non-hydrogen) atoms. The molecular weight excluding hydrogens is 463 g/mol. The number of hydrogen-bond donors (Lipinski definition) is 1. The van der Waals surface area contributed by atoms with E-state index < -0.39 is 27.8 Å². The monoisotopic (exact) mass is 478 g/mol. The minimum atomic E-state index is -3.89. The van der Waals surface area contributed by atoms with Crippen LogP contribution in [0, 0.1) is 5.82 Å². The first-order valence-corrected chi connectivity index (χ1v) is 10.7. The molecule has 10 heteroatoms. The van der Waals surface area contributed by atoms with Crippen molar-refractivity contribution >= 4 is 54.8 Å². The van der Waals surface area contributed by atoms with Gasteiger partial charge in [-0.25, -0.2) is 12.8 Å². The van der Waals surface area contributed by atoms with E-state index in [0.29, 0.717) is 4.47 Å². The number of amides is 1. The lowest BCUT2D eigenvalue weighted by Crippen LogP contribution is -2.45. The molecule has 0 aromatic heterocycles. The molecule has 1 unspecified atom stereocenters. The van der Waals surface area contributed by atoms with Gasteiger partial charge >= 0.3 is 0 Å². The summed E-state index contributed by atoms with van der Waals surface area (Å²) in [7, 11) is -2.52. The molecular formula is C17H17BrClFN2O4S. The molecule has 0 saturated heterocycles. The third kappa shape index (κ3) is 5.12. The molecule has 0 radical (unpaired) electrons. The number of hydrogen-bond acceptors (Lipinski definition) is 4. The van der Waals surface area contributed by atoms with Gasteiger partial charge in [-0.05, 0) is 43.3 Å². The van der Waals surface area contributed by atoms with E-state index in [9.17, 15) is 17.6 Å². The van der Waals surface area contributed by atoms with Crippen LogP contribution in [0.3, 0.4) is 0 Å². The molecule has 0 fully saturated rings. The van der Waals surface area contributed by atoms with Gasteiger partial charge in [0, 0.05) is 9.50 Å². The molecule has 0 aliphatic rings. The maximum atomic E-state index is 14.0. The largest absolute Gasteiger partial charge is 0.495 e. The lowest BCUT2D eigenvalue weighted by atomic mass is 10.2. The van der Waals surface area contributed by atoms with Gasteiger partial charge in [0.05, 0.1) is 24.7 Å². The first-order chi connectivity index (χ1) is 12.5. The number of methoxy groups -OCH3 is 1. The second kappa shape index (κ2) is 8.45. The van der Waals surface area contributed by atoms with E-state index in [2.05, 4.69) is 21.2 Å². The summed E-state index contributed by atoms with van der Waals surface area (Å²) in [4.78, 5) is 12.6. The molecule has 0 saturated carbocycles. The highest BCUT2D eigenvalue weighted by atomic mass is 79.9. The van der Waals surface area contributed by atoms with Crippen molar-refractivity contribution < 1.29 is 22.3 Å². The third-order valence-electron chi connectivity index (χ3n) is 3.66. The Morgan fingerprint density at radius 1 is 1.30 bits per heavy atom. The molecule has 6 nitrogen and oxygen atoms in total. The molecule has 0 spiro atoms. The molecule has 2 aromatic carbocycles. The van der Waals surface area contributed by atoms with Gasteiger partial charge in [0.15, 0.2) is 0 Å². The van der Waals surface area contributed by atoms with Crippen molar-refractivity contribution in [2.75, 3.05) is 23.0 Å². The Morgan fingerprint density at radius 2 is 1.96 bits per heavy atom. The lowest BCUT2D eigenvalue weighted by molar-refractivity contribution is -0.116. The van der Waals surface area contributed by atoms with Gasteiger partial charge in [-0.2, -0.15) is 0 Å². The number of carbonyl (C=O) groups is 1. The van der Waals surface area contributed by atoms with Crippen LogP contribution in [0.4, 0.5) is 15.8 Å². The van der Waals surface area contributed by atoms with Crippen molar-refractivity contribution in [2.24, 2.45) is 0 Å². The Morgan fingerprint density at radius 3 is 2.52 bits per heavy atom. The minimum absolute atomic E-state index is 0.0680. The van der Waals surface area contributed by atoms with E-state index in [-0.39, 0.29) is 22.1 Å². The third-order valence-corrected chi connectivity index (χ3v) is 5.61. The predicted octanol–water partition coefficient (Wildman–Crippen LogP) is 4.04.